The molecule has 0 radical (unpaired) electrons. The van der Waals surface area contributed by atoms with E-state index < -0.39 is 6.09 Å². The molecule has 1 atom stereocenters. The lowest BCUT2D eigenvalue weighted by atomic mass is 10.2. The highest BCUT2D eigenvalue weighted by Crippen LogP contribution is 2.09. The number of carbonyl (C=O) groups is 1. The van der Waals surface area contributed by atoms with Crippen molar-refractivity contribution in [1.29, 1.82) is 0 Å². The molecular weight excluding hydrogens is 368 g/mol. The number of ether oxygens (including phenoxy) is 2. The number of amides is 1. The number of carbonyl (C=O) groups excluding carboxylic acids is 1. The van der Waals surface area contributed by atoms with Gasteiger partial charge in [-0.2, -0.15) is 0 Å². The Balaban J connectivity index is 1.67. The summed E-state index contributed by atoms with van der Waals surface area (Å²) < 4.78 is 10.4. The van der Waals surface area contributed by atoms with Crippen LogP contribution in [0.5, 0.6) is 0 Å². The topological polar surface area (TPSA) is 84.0 Å². The number of hydrogen-bond acceptors (Lipinski definition) is 4. The van der Waals surface area contributed by atoms with E-state index in [4.69, 9.17) is 4.74 Å². The van der Waals surface area contributed by atoms with Gasteiger partial charge in [0.05, 0.1) is 20.3 Å². The average Bonchev–Trinajstić information content (AvgIpc) is 2.75. The number of rotatable bonds is 9. The van der Waals surface area contributed by atoms with Crippen LogP contribution >= 0.6 is 0 Å². The fourth-order valence-electron chi connectivity index (χ4n) is 2.56. The molecule has 7 nitrogen and oxygen atoms in total. The Hall–Kier alpha value is -3.06. The lowest BCUT2D eigenvalue weighted by Crippen LogP contribution is -2.39. The Morgan fingerprint density at radius 2 is 1.76 bits per heavy atom. The Morgan fingerprint density at radius 1 is 1.03 bits per heavy atom. The van der Waals surface area contributed by atoms with Gasteiger partial charge >= 0.3 is 6.09 Å². The van der Waals surface area contributed by atoms with Gasteiger partial charge in [-0.05, 0) is 29.2 Å². The Kier molecular flexibility index (Phi) is 9.51. The molecule has 0 fully saturated rings. The molecule has 1 amide bonds. The zero-order valence-corrected chi connectivity index (χ0v) is 17.3. The average molecular weight is 399 g/mol. The summed E-state index contributed by atoms with van der Waals surface area (Å²) in [5, 5.41) is 9.22. The molecule has 0 aromatic heterocycles. The highest BCUT2D eigenvalue weighted by Gasteiger charge is 2.05. The largest absolute Gasteiger partial charge is 0.453 e. The smallest absolute Gasteiger partial charge is 0.411 e. The normalized spacial score (nSPS) is 12.2. The predicted molar refractivity (Wildman–Crippen MR) is 116 cm³/mol. The summed E-state index contributed by atoms with van der Waals surface area (Å²) >= 11 is 0. The number of aliphatic imine (C=N–C) groups is 1. The van der Waals surface area contributed by atoms with Crippen LogP contribution in [0.2, 0.25) is 0 Å². The minimum atomic E-state index is -0.484. The molecule has 2 aromatic rings. The second-order valence-corrected chi connectivity index (χ2v) is 6.73. The van der Waals surface area contributed by atoms with Gasteiger partial charge in [-0.15, -0.1) is 0 Å². The van der Waals surface area contributed by atoms with Crippen LogP contribution in [-0.4, -0.2) is 39.4 Å². The lowest BCUT2D eigenvalue weighted by molar-refractivity contribution is 0.0931. The van der Waals surface area contributed by atoms with E-state index >= 15 is 0 Å². The fraction of sp³-hybridized carbons (Fsp3) is 0.364. The third-order valence-corrected chi connectivity index (χ3v) is 4.20. The van der Waals surface area contributed by atoms with Gasteiger partial charge in [-0.1, -0.05) is 49.4 Å². The number of nitrogens with zero attached hydrogens (tertiary/aromatic N) is 1. The molecular formula is C22H30N4O3. The minimum Gasteiger partial charge on any atom is -0.453 e. The van der Waals surface area contributed by atoms with E-state index in [0.717, 1.165) is 18.1 Å². The van der Waals surface area contributed by atoms with E-state index in [1.165, 1.54) is 12.7 Å². The molecule has 29 heavy (non-hydrogen) atoms. The Labute approximate surface area is 172 Å². The van der Waals surface area contributed by atoms with Crippen LogP contribution in [0.25, 0.3) is 0 Å². The second-order valence-electron chi connectivity index (χ2n) is 6.73. The van der Waals surface area contributed by atoms with E-state index in [-0.39, 0.29) is 0 Å². The highest BCUT2D eigenvalue weighted by atomic mass is 16.5. The number of hydrogen-bond donors (Lipinski definition) is 3. The third kappa shape index (κ3) is 8.66. The summed E-state index contributed by atoms with van der Waals surface area (Å²) in [5.41, 5.74) is 2.94. The van der Waals surface area contributed by atoms with Gasteiger partial charge in [-0.3, -0.25) is 10.3 Å². The van der Waals surface area contributed by atoms with Gasteiger partial charge in [0.1, 0.15) is 0 Å². The fourth-order valence-corrected chi connectivity index (χ4v) is 2.56. The van der Waals surface area contributed by atoms with E-state index in [1.807, 2.05) is 42.5 Å². The molecule has 0 heterocycles. The Morgan fingerprint density at radius 3 is 2.41 bits per heavy atom. The molecule has 0 aliphatic rings. The van der Waals surface area contributed by atoms with Crippen LogP contribution in [0.3, 0.4) is 0 Å². The molecule has 1 unspecified atom stereocenters. The molecule has 2 rings (SSSR count). The highest BCUT2D eigenvalue weighted by molar-refractivity contribution is 5.84. The summed E-state index contributed by atoms with van der Waals surface area (Å²) in [6, 6.07) is 17.7. The SMILES string of the molecule is CN=C(NCc1ccc(NC(=O)OC)cc1)NCC(C)COCc1ccccc1. The van der Waals surface area contributed by atoms with Crippen molar-refractivity contribution in [1.82, 2.24) is 10.6 Å². The Bertz CT molecular complexity index is 763. The number of anilines is 1. The first-order valence-corrected chi connectivity index (χ1v) is 9.60. The monoisotopic (exact) mass is 398 g/mol. The van der Waals surface area contributed by atoms with Crippen LogP contribution in [0.1, 0.15) is 18.1 Å². The van der Waals surface area contributed by atoms with Gasteiger partial charge < -0.3 is 20.1 Å². The van der Waals surface area contributed by atoms with Crippen LogP contribution in [0, 0.1) is 5.92 Å². The summed E-state index contributed by atoms with van der Waals surface area (Å²) in [6.07, 6.45) is -0.484. The quantitative estimate of drug-likeness (QED) is 0.445. The van der Waals surface area contributed by atoms with E-state index in [0.29, 0.717) is 31.4 Å². The van der Waals surface area contributed by atoms with Crippen molar-refractivity contribution >= 4 is 17.7 Å². The first kappa shape index (κ1) is 22.2. The molecule has 0 spiro atoms. The van der Waals surface area contributed by atoms with Crippen molar-refractivity contribution in [3.8, 4) is 0 Å². The van der Waals surface area contributed by atoms with Gasteiger partial charge in [-0.25, -0.2) is 4.79 Å². The molecule has 0 aliphatic carbocycles. The molecule has 0 aliphatic heterocycles. The molecule has 0 saturated carbocycles. The van der Waals surface area contributed by atoms with Crippen molar-refractivity contribution in [3.63, 3.8) is 0 Å². The summed E-state index contributed by atoms with van der Waals surface area (Å²) in [4.78, 5) is 15.5. The summed E-state index contributed by atoms with van der Waals surface area (Å²) in [7, 11) is 3.08. The number of methoxy groups -OCH3 is 1. The maximum atomic E-state index is 11.2. The number of nitrogens with one attached hydrogen (secondary N) is 3. The summed E-state index contributed by atoms with van der Waals surface area (Å²) in [5.74, 6) is 1.08. The first-order chi connectivity index (χ1) is 14.1. The molecule has 156 valence electrons. The molecule has 0 bridgehead atoms. The third-order valence-electron chi connectivity index (χ3n) is 4.20. The van der Waals surface area contributed by atoms with Gasteiger partial charge in [0.25, 0.3) is 0 Å². The molecule has 3 N–H and O–H groups in total. The zero-order chi connectivity index (χ0) is 20.9. The number of benzene rings is 2. The second kappa shape index (κ2) is 12.4. The van der Waals surface area contributed by atoms with E-state index in [2.05, 4.69) is 44.7 Å². The molecule has 2 aromatic carbocycles. The van der Waals surface area contributed by atoms with Gasteiger partial charge in [0, 0.05) is 25.8 Å². The van der Waals surface area contributed by atoms with Crippen LogP contribution < -0.4 is 16.0 Å². The van der Waals surface area contributed by atoms with Crippen LogP contribution in [-0.2, 0) is 22.6 Å². The maximum absolute atomic E-state index is 11.2. The van der Waals surface area contributed by atoms with Crippen LogP contribution in [0.15, 0.2) is 59.6 Å². The van der Waals surface area contributed by atoms with Crippen molar-refractivity contribution in [2.45, 2.75) is 20.1 Å². The van der Waals surface area contributed by atoms with Crippen molar-refractivity contribution in [2.24, 2.45) is 10.9 Å². The molecule has 0 saturated heterocycles. The van der Waals surface area contributed by atoms with Crippen LogP contribution in [0.4, 0.5) is 10.5 Å². The summed E-state index contributed by atoms with van der Waals surface area (Å²) in [6.45, 7) is 4.82. The predicted octanol–water partition coefficient (Wildman–Crippen LogP) is 3.38. The lowest BCUT2D eigenvalue weighted by Gasteiger charge is -2.16. The van der Waals surface area contributed by atoms with Gasteiger partial charge in [0.15, 0.2) is 5.96 Å². The maximum Gasteiger partial charge on any atom is 0.411 e. The van der Waals surface area contributed by atoms with E-state index in [1.54, 1.807) is 7.05 Å². The standard InChI is InChI=1S/C22H30N4O3/c1-17(15-29-16-19-7-5-4-6-8-19)13-24-21(23-2)25-14-18-9-11-20(12-10-18)26-22(27)28-3/h4-12,17H,13-16H2,1-3H3,(H,26,27)(H2,23,24,25). The van der Waals surface area contributed by atoms with Crippen molar-refractivity contribution in [3.05, 3.63) is 65.7 Å². The van der Waals surface area contributed by atoms with Crippen molar-refractivity contribution in [2.75, 3.05) is 32.6 Å². The number of guanidine groups is 1. The van der Waals surface area contributed by atoms with Crippen molar-refractivity contribution < 1.29 is 14.3 Å². The first-order valence-electron chi connectivity index (χ1n) is 9.60. The van der Waals surface area contributed by atoms with E-state index in [9.17, 15) is 4.79 Å². The minimum absolute atomic E-state index is 0.348. The molecule has 7 heteroatoms. The zero-order valence-electron chi connectivity index (χ0n) is 17.3. The van der Waals surface area contributed by atoms with Gasteiger partial charge in [0.2, 0.25) is 0 Å².